The van der Waals surface area contributed by atoms with Gasteiger partial charge >= 0.3 is 0 Å². The Labute approximate surface area is 191 Å². The molecule has 7 heteroatoms. The summed E-state index contributed by atoms with van der Waals surface area (Å²) in [5.41, 5.74) is 3.84. The summed E-state index contributed by atoms with van der Waals surface area (Å²) < 4.78 is 5.64. The van der Waals surface area contributed by atoms with Gasteiger partial charge in [0.1, 0.15) is 5.75 Å². The van der Waals surface area contributed by atoms with E-state index in [1.54, 1.807) is 12.0 Å². The van der Waals surface area contributed by atoms with Crippen LogP contribution in [0.1, 0.15) is 52.5 Å². The molecule has 0 spiro atoms. The van der Waals surface area contributed by atoms with Crippen LogP contribution in [-0.2, 0) is 11.2 Å². The van der Waals surface area contributed by atoms with Crippen LogP contribution in [0.15, 0.2) is 24.3 Å². The van der Waals surface area contributed by atoms with E-state index in [9.17, 15) is 4.79 Å². The minimum atomic E-state index is 0.0685. The van der Waals surface area contributed by atoms with Gasteiger partial charge in [0.25, 0.3) is 0 Å². The lowest BCUT2D eigenvalue weighted by Crippen LogP contribution is -2.62. The Balaban J connectivity index is 1.61. The van der Waals surface area contributed by atoms with Gasteiger partial charge < -0.3 is 19.9 Å². The number of aryl methyl sites for hydroxylation is 1. The molecule has 4 rings (SSSR count). The highest BCUT2D eigenvalue weighted by molar-refractivity contribution is 5.97. The Morgan fingerprint density at radius 3 is 2.38 bits per heavy atom. The van der Waals surface area contributed by atoms with E-state index >= 15 is 0 Å². The summed E-state index contributed by atoms with van der Waals surface area (Å²) in [7, 11) is 5.57. The number of rotatable bonds is 4. The standard InChI is InChI=1S/C25H35N5O2/c1-24(2)14-17(15-25(3,4)28-24)29(5)22-10-9-19(26-27-22)18-12-16-8-11-23(31)30(6)20(16)13-21(18)32-7/h9-10,12-13,17,28H,8,11,14-15H2,1-7H3. The lowest BCUT2D eigenvalue weighted by molar-refractivity contribution is -0.118. The number of fused-ring (bicyclic) bond motifs is 1. The topological polar surface area (TPSA) is 70.6 Å². The molecule has 2 aliphatic rings. The number of carbonyl (C=O) groups excluding carboxylic acids is 1. The molecule has 0 unspecified atom stereocenters. The minimum absolute atomic E-state index is 0.0685. The van der Waals surface area contributed by atoms with Gasteiger partial charge in [0, 0.05) is 49.3 Å². The Kier molecular flexibility index (Phi) is 5.65. The Bertz CT molecular complexity index is 1000. The number of anilines is 2. The zero-order valence-corrected chi connectivity index (χ0v) is 20.3. The van der Waals surface area contributed by atoms with Crippen LogP contribution in [0, 0.1) is 0 Å². The molecular formula is C25H35N5O2. The van der Waals surface area contributed by atoms with E-state index in [0.717, 1.165) is 47.6 Å². The van der Waals surface area contributed by atoms with Crippen LogP contribution in [0.4, 0.5) is 11.5 Å². The average molecular weight is 438 g/mol. The highest BCUT2D eigenvalue weighted by atomic mass is 16.5. The van der Waals surface area contributed by atoms with Crippen LogP contribution < -0.4 is 19.9 Å². The Morgan fingerprint density at radius 1 is 1.09 bits per heavy atom. The van der Waals surface area contributed by atoms with Crippen LogP contribution in [0.2, 0.25) is 0 Å². The fourth-order valence-corrected chi connectivity index (χ4v) is 5.43. The molecule has 0 saturated carbocycles. The summed E-state index contributed by atoms with van der Waals surface area (Å²) in [6, 6.07) is 8.45. The van der Waals surface area contributed by atoms with Crippen LogP contribution in [0.25, 0.3) is 11.3 Å². The number of nitrogens with zero attached hydrogens (tertiary/aromatic N) is 4. The van der Waals surface area contributed by atoms with Crippen LogP contribution in [-0.4, -0.2) is 54.4 Å². The maximum Gasteiger partial charge on any atom is 0.227 e. The van der Waals surface area contributed by atoms with Gasteiger partial charge in [-0.15, -0.1) is 10.2 Å². The number of hydrogen-bond acceptors (Lipinski definition) is 6. The first-order chi connectivity index (χ1) is 15.0. The van der Waals surface area contributed by atoms with Gasteiger partial charge in [-0.1, -0.05) is 0 Å². The number of amides is 1. The predicted octanol–water partition coefficient (Wildman–Crippen LogP) is 3.81. The molecule has 1 aromatic carbocycles. The summed E-state index contributed by atoms with van der Waals surface area (Å²) in [4.78, 5) is 16.0. The third-order valence-corrected chi connectivity index (χ3v) is 6.75. The van der Waals surface area contributed by atoms with Crippen molar-refractivity contribution in [1.82, 2.24) is 15.5 Å². The predicted molar refractivity (Wildman–Crippen MR) is 128 cm³/mol. The largest absolute Gasteiger partial charge is 0.496 e. The Hall–Kier alpha value is -2.67. The molecular weight excluding hydrogens is 402 g/mol. The van der Waals surface area contributed by atoms with Gasteiger partial charge in [0.15, 0.2) is 5.82 Å². The van der Waals surface area contributed by atoms with E-state index in [1.165, 1.54) is 0 Å². The van der Waals surface area contributed by atoms with E-state index in [4.69, 9.17) is 4.74 Å². The molecule has 172 valence electrons. The monoisotopic (exact) mass is 437 g/mol. The number of methoxy groups -OCH3 is 1. The number of hydrogen-bond donors (Lipinski definition) is 1. The van der Waals surface area contributed by atoms with E-state index < -0.39 is 0 Å². The summed E-state index contributed by atoms with van der Waals surface area (Å²) in [5, 5.41) is 12.9. The van der Waals surface area contributed by atoms with Crippen molar-refractivity contribution in [3.8, 4) is 17.0 Å². The molecule has 0 bridgehead atoms. The number of piperidine rings is 1. The lowest BCUT2D eigenvalue weighted by atomic mass is 9.79. The number of aromatic nitrogens is 2. The van der Waals surface area contributed by atoms with E-state index in [1.807, 2.05) is 25.2 Å². The van der Waals surface area contributed by atoms with Crippen LogP contribution >= 0.6 is 0 Å². The zero-order valence-electron chi connectivity index (χ0n) is 20.3. The van der Waals surface area contributed by atoms with Gasteiger partial charge in [-0.05, 0) is 70.7 Å². The van der Waals surface area contributed by atoms with Crippen molar-refractivity contribution in [3.05, 3.63) is 29.8 Å². The smallest absolute Gasteiger partial charge is 0.227 e. The number of ether oxygens (including phenoxy) is 1. The van der Waals surface area contributed by atoms with Crippen molar-refractivity contribution in [2.45, 2.75) is 70.5 Å². The molecule has 0 aliphatic carbocycles. The van der Waals surface area contributed by atoms with Gasteiger partial charge in [-0.2, -0.15) is 0 Å². The molecule has 2 aromatic rings. The van der Waals surface area contributed by atoms with Gasteiger partial charge in [0.05, 0.1) is 18.5 Å². The SMILES string of the molecule is COc1cc2c(cc1-c1ccc(N(C)C3CC(C)(C)NC(C)(C)C3)nn1)CCC(=O)N2C. The highest BCUT2D eigenvalue weighted by Crippen LogP contribution is 2.38. The second kappa shape index (κ2) is 8.03. The molecule has 7 nitrogen and oxygen atoms in total. The number of benzene rings is 1. The highest BCUT2D eigenvalue weighted by Gasteiger charge is 2.39. The van der Waals surface area contributed by atoms with Gasteiger partial charge in [-0.25, -0.2) is 0 Å². The molecule has 0 atom stereocenters. The quantitative estimate of drug-likeness (QED) is 0.784. The van der Waals surface area contributed by atoms with Gasteiger partial charge in [-0.3, -0.25) is 4.79 Å². The minimum Gasteiger partial charge on any atom is -0.496 e. The third-order valence-electron chi connectivity index (χ3n) is 6.75. The van der Waals surface area contributed by atoms with E-state index in [-0.39, 0.29) is 17.0 Å². The van der Waals surface area contributed by atoms with Crippen molar-refractivity contribution in [1.29, 1.82) is 0 Å². The van der Waals surface area contributed by atoms with E-state index in [2.05, 4.69) is 61.2 Å². The van der Waals surface area contributed by atoms with Crippen molar-refractivity contribution in [3.63, 3.8) is 0 Å². The summed E-state index contributed by atoms with van der Waals surface area (Å²) in [5.74, 6) is 1.70. The third kappa shape index (κ3) is 4.31. The van der Waals surface area contributed by atoms with Crippen molar-refractivity contribution < 1.29 is 9.53 Å². The summed E-state index contributed by atoms with van der Waals surface area (Å²) in [6.07, 6.45) is 3.33. The fraction of sp³-hybridized carbons (Fsp3) is 0.560. The maximum absolute atomic E-state index is 12.1. The number of carbonyl (C=O) groups is 1. The molecule has 1 amide bonds. The molecule has 32 heavy (non-hydrogen) atoms. The zero-order chi connectivity index (χ0) is 23.3. The summed E-state index contributed by atoms with van der Waals surface area (Å²) in [6.45, 7) is 9.04. The van der Waals surface area contributed by atoms with E-state index in [0.29, 0.717) is 18.2 Å². The molecule has 0 radical (unpaired) electrons. The average Bonchev–Trinajstić information content (AvgIpc) is 2.73. The second-order valence-corrected chi connectivity index (χ2v) is 10.5. The van der Waals surface area contributed by atoms with Crippen LogP contribution in [0.3, 0.4) is 0 Å². The lowest BCUT2D eigenvalue weighted by Gasteiger charge is -2.49. The normalized spacial score (nSPS) is 20.1. The molecule has 1 fully saturated rings. The molecule has 1 N–H and O–H groups in total. The molecule has 3 heterocycles. The molecule has 1 aromatic heterocycles. The molecule has 1 saturated heterocycles. The van der Waals surface area contributed by atoms with Crippen LogP contribution in [0.5, 0.6) is 5.75 Å². The number of nitrogens with one attached hydrogen (secondary N) is 1. The summed E-state index contributed by atoms with van der Waals surface area (Å²) >= 11 is 0. The first kappa shape index (κ1) is 22.5. The maximum atomic E-state index is 12.1. The first-order valence-corrected chi connectivity index (χ1v) is 11.3. The van der Waals surface area contributed by atoms with Crippen molar-refractivity contribution >= 4 is 17.4 Å². The fourth-order valence-electron chi connectivity index (χ4n) is 5.43. The Morgan fingerprint density at radius 2 is 1.78 bits per heavy atom. The van der Waals surface area contributed by atoms with Gasteiger partial charge in [0.2, 0.25) is 5.91 Å². The van der Waals surface area contributed by atoms with Crippen molar-refractivity contribution in [2.75, 3.05) is 31.0 Å². The van der Waals surface area contributed by atoms with Crippen molar-refractivity contribution in [2.24, 2.45) is 0 Å². The molecule has 2 aliphatic heterocycles. The second-order valence-electron chi connectivity index (χ2n) is 10.5. The first-order valence-electron chi connectivity index (χ1n) is 11.3.